The van der Waals surface area contributed by atoms with Crippen molar-refractivity contribution in [3.05, 3.63) is 34.8 Å². The molecule has 2 aromatic rings. The van der Waals surface area contributed by atoms with Gasteiger partial charge >= 0.3 is 0 Å². The van der Waals surface area contributed by atoms with Crippen LogP contribution in [0.25, 0.3) is 11.3 Å². The second-order valence-corrected chi connectivity index (χ2v) is 3.86. The fourth-order valence-electron chi connectivity index (χ4n) is 1.15. The third kappa shape index (κ3) is 2.07. The molecular weight excluding hydrogens is 258 g/mol. The maximum absolute atomic E-state index is 9.14. The van der Waals surface area contributed by atoms with E-state index in [0.717, 1.165) is 5.56 Å². The summed E-state index contributed by atoms with van der Waals surface area (Å²) in [6.45, 7) is 0. The van der Waals surface area contributed by atoms with Crippen LogP contribution in [0.1, 0.15) is 0 Å². The molecule has 76 valence electrons. The molecule has 1 aromatic carbocycles. The number of nitrogens with two attached hydrogens (primary N) is 1. The van der Waals surface area contributed by atoms with Crippen molar-refractivity contribution < 1.29 is 5.11 Å². The van der Waals surface area contributed by atoms with Gasteiger partial charge in [0.2, 0.25) is 0 Å². The fraction of sp³-hybridized carbons (Fsp3) is 0. The number of phenols is 1. The van der Waals surface area contributed by atoms with E-state index in [9.17, 15) is 0 Å². The van der Waals surface area contributed by atoms with Gasteiger partial charge in [-0.15, -0.1) is 10.2 Å². The summed E-state index contributed by atoms with van der Waals surface area (Å²) in [6, 6.07) is 8.52. The number of aromatic nitrogens is 2. The van der Waals surface area contributed by atoms with E-state index in [4.69, 9.17) is 10.8 Å². The lowest BCUT2D eigenvalue weighted by Crippen LogP contribution is -1.95. The van der Waals surface area contributed by atoms with Crippen molar-refractivity contribution in [2.45, 2.75) is 0 Å². The number of nitrogens with zero attached hydrogens (tertiary/aromatic N) is 2. The lowest BCUT2D eigenvalue weighted by molar-refractivity contribution is 0.475. The molecule has 0 spiro atoms. The fourth-order valence-corrected chi connectivity index (χ4v) is 1.45. The molecule has 1 heterocycles. The van der Waals surface area contributed by atoms with Crippen LogP contribution in [0.4, 0.5) is 5.82 Å². The third-order valence-electron chi connectivity index (χ3n) is 1.94. The summed E-state index contributed by atoms with van der Waals surface area (Å²) in [6.07, 6.45) is 0. The van der Waals surface area contributed by atoms with Gasteiger partial charge in [-0.3, -0.25) is 0 Å². The number of hydrogen-bond donors (Lipinski definition) is 2. The molecule has 0 atom stereocenters. The second kappa shape index (κ2) is 3.86. The van der Waals surface area contributed by atoms with E-state index < -0.39 is 0 Å². The van der Waals surface area contributed by atoms with Crippen LogP contribution in [0, 0.1) is 0 Å². The highest BCUT2D eigenvalue weighted by molar-refractivity contribution is 9.10. The number of aromatic hydroxyl groups is 1. The molecule has 0 aliphatic rings. The van der Waals surface area contributed by atoms with Crippen LogP contribution in [0.2, 0.25) is 0 Å². The molecule has 0 aliphatic carbocycles. The lowest BCUT2D eigenvalue weighted by Gasteiger charge is -2.02. The molecule has 0 saturated heterocycles. The summed E-state index contributed by atoms with van der Waals surface area (Å²) in [5, 5.41) is 16.9. The maximum Gasteiger partial charge on any atom is 0.160 e. The van der Waals surface area contributed by atoms with Crippen molar-refractivity contribution in [1.29, 1.82) is 0 Å². The first-order valence-electron chi connectivity index (χ1n) is 4.25. The first-order valence-corrected chi connectivity index (χ1v) is 5.04. The van der Waals surface area contributed by atoms with Gasteiger partial charge in [0.05, 0.1) is 10.2 Å². The number of phenolic OH excluding ortho intramolecular Hbond substituents is 1. The SMILES string of the molecule is Nc1nnc(-c2ccc(O)cc2)cc1Br. The summed E-state index contributed by atoms with van der Waals surface area (Å²) in [5.41, 5.74) is 7.11. The van der Waals surface area contributed by atoms with E-state index in [1.807, 2.05) is 0 Å². The quantitative estimate of drug-likeness (QED) is 0.829. The maximum atomic E-state index is 9.14. The predicted octanol–water partition coefficient (Wildman–Crippen LogP) is 2.19. The van der Waals surface area contributed by atoms with Crippen molar-refractivity contribution in [1.82, 2.24) is 10.2 Å². The van der Waals surface area contributed by atoms with Gasteiger partial charge in [-0.25, -0.2) is 0 Å². The Bertz CT molecular complexity index is 485. The average molecular weight is 266 g/mol. The Morgan fingerprint density at radius 3 is 2.40 bits per heavy atom. The number of hydrogen-bond acceptors (Lipinski definition) is 4. The zero-order valence-corrected chi connectivity index (χ0v) is 9.27. The summed E-state index contributed by atoms with van der Waals surface area (Å²) in [5.74, 6) is 0.582. The van der Waals surface area contributed by atoms with Crippen LogP contribution in [0.3, 0.4) is 0 Å². The molecule has 0 bridgehead atoms. The van der Waals surface area contributed by atoms with Crippen LogP contribution in [0.5, 0.6) is 5.75 Å². The molecule has 5 heteroatoms. The average Bonchev–Trinajstić information content (AvgIpc) is 2.23. The van der Waals surface area contributed by atoms with Gasteiger partial charge in [0.1, 0.15) is 5.75 Å². The summed E-state index contributed by atoms with van der Waals surface area (Å²) >= 11 is 3.28. The van der Waals surface area contributed by atoms with E-state index in [1.165, 1.54) is 0 Å². The minimum Gasteiger partial charge on any atom is -0.508 e. The van der Waals surface area contributed by atoms with Gasteiger partial charge in [-0.1, -0.05) is 0 Å². The Morgan fingerprint density at radius 1 is 1.13 bits per heavy atom. The third-order valence-corrected chi connectivity index (χ3v) is 2.57. The van der Waals surface area contributed by atoms with Crippen molar-refractivity contribution in [3.8, 4) is 17.0 Å². The topological polar surface area (TPSA) is 72.0 Å². The van der Waals surface area contributed by atoms with Gasteiger partial charge in [0, 0.05) is 5.56 Å². The Morgan fingerprint density at radius 2 is 1.80 bits per heavy atom. The molecule has 0 amide bonds. The van der Waals surface area contributed by atoms with E-state index in [1.54, 1.807) is 30.3 Å². The van der Waals surface area contributed by atoms with Gasteiger partial charge in [0.25, 0.3) is 0 Å². The molecule has 0 saturated carbocycles. The molecule has 2 rings (SSSR count). The number of rotatable bonds is 1. The molecule has 15 heavy (non-hydrogen) atoms. The first kappa shape index (κ1) is 9.92. The zero-order chi connectivity index (χ0) is 10.8. The number of benzene rings is 1. The minimum absolute atomic E-state index is 0.223. The van der Waals surface area contributed by atoms with Crippen LogP contribution in [0.15, 0.2) is 34.8 Å². The highest BCUT2D eigenvalue weighted by Crippen LogP contribution is 2.24. The summed E-state index contributed by atoms with van der Waals surface area (Å²) < 4.78 is 0.709. The lowest BCUT2D eigenvalue weighted by atomic mass is 10.1. The van der Waals surface area contributed by atoms with E-state index in [0.29, 0.717) is 16.0 Å². The van der Waals surface area contributed by atoms with Crippen LogP contribution in [-0.4, -0.2) is 15.3 Å². The van der Waals surface area contributed by atoms with Gasteiger partial charge in [0.15, 0.2) is 5.82 Å². The van der Waals surface area contributed by atoms with Gasteiger partial charge in [-0.2, -0.15) is 0 Å². The highest BCUT2D eigenvalue weighted by Gasteiger charge is 2.03. The second-order valence-electron chi connectivity index (χ2n) is 3.01. The van der Waals surface area contributed by atoms with E-state index in [-0.39, 0.29) is 5.75 Å². The summed E-state index contributed by atoms with van der Waals surface area (Å²) in [4.78, 5) is 0. The van der Waals surface area contributed by atoms with Crippen LogP contribution < -0.4 is 5.73 Å². The predicted molar refractivity (Wildman–Crippen MR) is 61.2 cm³/mol. The molecule has 1 aromatic heterocycles. The molecular formula is C10H8BrN3O. The largest absolute Gasteiger partial charge is 0.508 e. The van der Waals surface area contributed by atoms with Crippen molar-refractivity contribution in [2.24, 2.45) is 0 Å². The van der Waals surface area contributed by atoms with E-state index in [2.05, 4.69) is 26.1 Å². The minimum atomic E-state index is 0.223. The Hall–Kier alpha value is -1.62. The number of halogens is 1. The van der Waals surface area contributed by atoms with E-state index >= 15 is 0 Å². The standard InChI is InChI=1S/C10H8BrN3O/c11-8-5-9(13-14-10(8)12)6-1-3-7(15)4-2-6/h1-5,15H,(H2,12,14). The molecule has 0 radical (unpaired) electrons. The van der Waals surface area contributed by atoms with Crippen molar-refractivity contribution >= 4 is 21.7 Å². The van der Waals surface area contributed by atoms with Crippen molar-refractivity contribution in [2.75, 3.05) is 5.73 Å². The first-order chi connectivity index (χ1) is 7.16. The smallest absolute Gasteiger partial charge is 0.160 e. The highest BCUT2D eigenvalue weighted by atomic mass is 79.9. The van der Waals surface area contributed by atoms with Crippen LogP contribution in [-0.2, 0) is 0 Å². The zero-order valence-electron chi connectivity index (χ0n) is 7.68. The normalized spacial score (nSPS) is 10.2. The Labute approximate surface area is 94.9 Å². The molecule has 3 N–H and O–H groups in total. The Kier molecular flexibility index (Phi) is 2.55. The number of anilines is 1. The van der Waals surface area contributed by atoms with Gasteiger partial charge in [-0.05, 0) is 46.3 Å². The molecule has 0 unspecified atom stereocenters. The van der Waals surface area contributed by atoms with Crippen molar-refractivity contribution in [3.63, 3.8) is 0 Å². The monoisotopic (exact) mass is 265 g/mol. The van der Waals surface area contributed by atoms with Gasteiger partial charge < -0.3 is 10.8 Å². The Balaban J connectivity index is 2.45. The molecule has 0 aliphatic heterocycles. The number of nitrogen functional groups attached to an aromatic ring is 1. The van der Waals surface area contributed by atoms with Crippen LogP contribution >= 0.6 is 15.9 Å². The summed E-state index contributed by atoms with van der Waals surface area (Å²) in [7, 11) is 0. The molecule has 0 fully saturated rings. The molecule has 4 nitrogen and oxygen atoms in total.